The zero-order valence-electron chi connectivity index (χ0n) is 12.9. The van der Waals surface area contributed by atoms with Crippen LogP contribution in [0.2, 0.25) is 5.02 Å². The van der Waals surface area contributed by atoms with Gasteiger partial charge in [0.05, 0.1) is 11.6 Å². The van der Waals surface area contributed by atoms with E-state index < -0.39 is 0 Å². The van der Waals surface area contributed by atoms with E-state index in [1.807, 2.05) is 30.3 Å². The third-order valence-electron chi connectivity index (χ3n) is 3.53. The molecule has 0 radical (unpaired) electrons. The van der Waals surface area contributed by atoms with E-state index in [-0.39, 0.29) is 5.91 Å². The first kappa shape index (κ1) is 16.2. The van der Waals surface area contributed by atoms with Gasteiger partial charge in [0.1, 0.15) is 5.69 Å². The Hall–Kier alpha value is -2.66. The minimum absolute atomic E-state index is 0.0406. The second-order valence-corrected chi connectivity index (χ2v) is 5.71. The molecule has 3 rings (SSSR count). The zero-order valence-corrected chi connectivity index (χ0v) is 13.7. The van der Waals surface area contributed by atoms with Crippen molar-refractivity contribution in [1.82, 2.24) is 15.5 Å². The number of nitrogens with zero attached hydrogens (tertiary/aromatic N) is 2. The van der Waals surface area contributed by atoms with Crippen LogP contribution in [-0.2, 0) is 17.8 Å². The number of hydrogen-bond acceptors (Lipinski definition) is 4. The Labute approximate surface area is 144 Å². The summed E-state index contributed by atoms with van der Waals surface area (Å²) >= 11 is 6.13. The maximum absolute atomic E-state index is 11.9. The van der Waals surface area contributed by atoms with Gasteiger partial charge in [-0.05, 0) is 30.2 Å². The van der Waals surface area contributed by atoms with E-state index in [4.69, 9.17) is 16.1 Å². The van der Waals surface area contributed by atoms with Crippen molar-refractivity contribution >= 4 is 17.5 Å². The Morgan fingerprint density at radius 2 is 2.08 bits per heavy atom. The van der Waals surface area contributed by atoms with E-state index in [1.54, 1.807) is 24.5 Å². The molecule has 0 spiro atoms. The molecule has 2 aromatic heterocycles. The first-order valence-electron chi connectivity index (χ1n) is 7.58. The van der Waals surface area contributed by atoms with Crippen LogP contribution in [-0.4, -0.2) is 16.0 Å². The van der Waals surface area contributed by atoms with Crippen molar-refractivity contribution in [3.63, 3.8) is 0 Å². The van der Waals surface area contributed by atoms with E-state index in [9.17, 15) is 4.79 Å². The molecule has 0 aliphatic rings. The van der Waals surface area contributed by atoms with E-state index in [2.05, 4.69) is 15.5 Å². The van der Waals surface area contributed by atoms with Gasteiger partial charge in [0.15, 0.2) is 5.76 Å². The summed E-state index contributed by atoms with van der Waals surface area (Å²) in [4.78, 5) is 15.9. The fraction of sp³-hybridized carbons (Fsp3) is 0.167. The lowest BCUT2D eigenvalue weighted by Gasteiger charge is -2.02. The second-order valence-electron chi connectivity index (χ2n) is 5.30. The van der Waals surface area contributed by atoms with Crippen molar-refractivity contribution in [2.45, 2.75) is 19.4 Å². The van der Waals surface area contributed by atoms with Gasteiger partial charge in [0.2, 0.25) is 5.91 Å². The molecule has 5 nitrogen and oxygen atoms in total. The van der Waals surface area contributed by atoms with Crippen LogP contribution >= 0.6 is 11.6 Å². The fourth-order valence-electron chi connectivity index (χ4n) is 2.26. The van der Waals surface area contributed by atoms with Gasteiger partial charge in [-0.15, -0.1) is 0 Å². The summed E-state index contributed by atoms with van der Waals surface area (Å²) < 4.78 is 5.30. The molecule has 0 atom stereocenters. The highest BCUT2D eigenvalue weighted by molar-refractivity contribution is 6.33. The molecule has 0 unspecified atom stereocenters. The van der Waals surface area contributed by atoms with E-state index in [1.165, 1.54) is 0 Å². The standard InChI is InChI=1S/C18H16ClN3O2/c19-16-6-2-1-5-15(16)17-10-14(22-24-17)12-21-18(23)8-7-13-4-3-9-20-11-13/h1-6,9-11H,7-8,12H2,(H,21,23). The van der Waals surface area contributed by atoms with E-state index >= 15 is 0 Å². The molecule has 0 aliphatic heterocycles. The summed E-state index contributed by atoms with van der Waals surface area (Å²) in [6.45, 7) is 0.319. The molecule has 3 aromatic rings. The molecule has 6 heteroatoms. The number of benzene rings is 1. The Bertz CT molecular complexity index is 818. The van der Waals surface area contributed by atoms with Crippen LogP contribution in [0.15, 0.2) is 59.4 Å². The van der Waals surface area contributed by atoms with Crippen molar-refractivity contribution in [1.29, 1.82) is 0 Å². The zero-order chi connectivity index (χ0) is 16.8. The van der Waals surface area contributed by atoms with Crippen LogP contribution < -0.4 is 5.32 Å². The third kappa shape index (κ3) is 4.20. The minimum Gasteiger partial charge on any atom is -0.356 e. The molecule has 1 amide bonds. The summed E-state index contributed by atoms with van der Waals surface area (Å²) in [6.07, 6.45) is 4.54. The highest BCUT2D eigenvalue weighted by atomic mass is 35.5. The number of carbonyl (C=O) groups is 1. The number of amides is 1. The van der Waals surface area contributed by atoms with Crippen molar-refractivity contribution in [3.8, 4) is 11.3 Å². The number of nitrogens with one attached hydrogen (secondary N) is 1. The number of aryl methyl sites for hydroxylation is 1. The monoisotopic (exact) mass is 341 g/mol. The highest BCUT2D eigenvalue weighted by Crippen LogP contribution is 2.27. The Morgan fingerprint density at radius 3 is 2.88 bits per heavy atom. The Kier molecular flexibility index (Phi) is 5.23. The molecule has 0 saturated carbocycles. The number of halogens is 1. The fourth-order valence-corrected chi connectivity index (χ4v) is 2.49. The first-order valence-corrected chi connectivity index (χ1v) is 7.96. The van der Waals surface area contributed by atoms with Gasteiger partial charge < -0.3 is 9.84 Å². The van der Waals surface area contributed by atoms with Gasteiger partial charge in [0, 0.05) is 30.4 Å². The molecule has 0 bridgehead atoms. The average Bonchev–Trinajstić information content (AvgIpc) is 3.08. The largest absolute Gasteiger partial charge is 0.356 e. The van der Waals surface area contributed by atoms with Gasteiger partial charge in [-0.1, -0.05) is 35.0 Å². The highest BCUT2D eigenvalue weighted by Gasteiger charge is 2.10. The van der Waals surface area contributed by atoms with Gasteiger partial charge >= 0.3 is 0 Å². The molecular weight excluding hydrogens is 326 g/mol. The number of hydrogen-bond donors (Lipinski definition) is 1. The van der Waals surface area contributed by atoms with E-state index in [0.29, 0.717) is 35.9 Å². The molecule has 122 valence electrons. The van der Waals surface area contributed by atoms with Crippen LogP contribution in [0.25, 0.3) is 11.3 Å². The Balaban J connectivity index is 1.52. The van der Waals surface area contributed by atoms with Crippen molar-refractivity contribution in [3.05, 3.63) is 71.1 Å². The van der Waals surface area contributed by atoms with Gasteiger partial charge in [-0.3, -0.25) is 9.78 Å². The van der Waals surface area contributed by atoms with Crippen molar-refractivity contribution < 1.29 is 9.32 Å². The molecule has 0 fully saturated rings. The van der Waals surface area contributed by atoms with Crippen LogP contribution in [0.3, 0.4) is 0 Å². The third-order valence-corrected chi connectivity index (χ3v) is 3.86. The van der Waals surface area contributed by atoms with Crippen molar-refractivity contribution in [2.75, 3.05) is 0 Å². The number of rotatable bonds is 6. The average molecular weight is 342 g/mol. The molecule has 0 saturated heterocycles. The topological polar surface area (TPSA) is 68.0 Å². The predicted octanol–water partition coefficient (Wildman–Crippen LogP) is 3.64. The number of carbonyl (C=O) groups excluding carboxylic acids is 1. The maximum atomic E-state index is 11.9. The van der Waals surface area contributed by atoms with Gasteiger partial charge in [-0.2, -0.15) is 0 Å². The van der Waals surface area contributed by atoms with Crippen LogP contribution in [0.5, 0.6) is 0 Å². The summed E-state index contributed by atoms with van der Waals surface area (Å²) in [5, 5.41) is 7.40. The SMILES string of the molecule is O=C(CCc1cccnc1)NCc1cc(-c2ccccc2Cl)on1. The van der Waals surface area contributed by atoms with Crippen LogP contribution in [0.1, 0.15) is 17.7 Å². The number of pyridine rings is 1. The molecule has 1 aromatic carbocycles. The first-order chi connectivity index (χ1) is 11.7. The quantitative estimate of drug-likeness (QED) is 0.743. The smallest absolute Gasteiger partial charge is 0.220 e. The maximum Gasteiger partial charge on any atom is 0.220 e. The Morgan fingerprint density at radius 1 is 1.21 bits per heavy atom. The molecule has 1 N–H and O–H groups in total. The van der Waals surface area contributed by atoms with E-state index in [0.717, 1.165) is 11.1 Å². The summed E-state index contributed by atoms with van der Waals surface area (Å²) in [6, 6.07) is 13.0. The molecular formula is C18H16ClN3O2. The summed E-state index contributed by atoms with van der Waals surface area (Å²) in [5.41, 5.74) is 2.47. The van der Waals surface area contributed by atoms with Gasteiger partial charge in [-0.25, -0.2) is 0 Å². The lowest BCUT2D eigenvalue weighted by molar-refractivity contribution is -0.121. The van der Waals surface area contributed by atoms with Crippen LogP contribution in [0.4, 0.5) is 0 Å². The van der Waals surface area contributed by atoms with Crippen LogP contribution in [0, 0.1) is 0 Å². The number of aromatic nitrogens is 2. The lowest BCUT2D eigenvalue weighted by atomic mass is 10.1. The minimum atomic E-state index is -0.0406. The second kappa shape index (κ2) is 7.75. The lowest BCUT2D eigenvalue weighted by Crippen LogP contribution is -2.23. The molecule has 24 heavy (non-hydrogen) atoms. The normalized spacial score (nSPS) is 10.5. The van der Waals surface area contributed by atoms with Gasteiger partial charge in [0.25, 0.3) is 0 Å². The summed E-state index contributed by atoms with van der Waals surface area (Å²) in [7, 11) is 0. The van der Waals surface area contributed by atoms with Crippen molar-refractivity contribution in [2.24, 2.45) is 0 Å². The molecule has 2 heterocycles. The summed E-state index contributed by atoms with van der Waals surface area (Å²) in [5.74, 6) is 0.543. The predicted molar refractivity (Wildman–Crippen MR) is 91.4 cm³/mol. The molecule has 0 aliphatic carbocycles.